The molecular formula is C14H21ClN2. The van der Waals surface area contributed by atoms with E-state index in [-0.39, 0.29) is 0 Å². The van der Waals surface area contributed by atoms with Crippen LogP contribution in [-0.4, -0.2) is 26.2 Å². The lowest BCUT2D eigenvalue weighted by Crippen LogP contribution is -2.39. The molecule has 0 bridgehead atoms. The Bertz CT molecular complexity index is 378. The zero-order valence-corrected chi connectivity index (χ0v) is 11.4. The fourth-order valence-corrected chi connectivity index (χ4v) is 2.58. The second kappa shape index (κ2) is 5.74. The molecule has 0 aromatic heterocycles. The maximum atomic E-state index is 6.11. The highest BCUT2D eigenvalue weighted by Gasteiger charge is 2.15. The first-order valence-electron chi connectivity index (χ1n) is 6.38. The van der Waals surface area contributed by atoms with E-state index < -0.39 is 0 Å². The first-order chi connectivity index (χ1) is 8.16. The average molecular weight is 253 g/mol. The molecule has 1 heterocycles. The number of hydrogen-bond acceptors (Lipinski definition) is 2. The molecule has 0 spiro atoms. The maximum absolute atomic E-state index is 6.11. The lowest BCUT2D eigenvalue weighted by molar-refractivity contribution is 0.467. The van der Waals surface area contributed by atoms with E-state index in [4.69, 9.17) is 11.6 Å². The molecule has 1 unspecified atom stereocenters. The van der Waals surface area contributed by atoms with Gasteiger partial charge in [-0.05, 0) is 50.0 Å². The minimum atomic E-state index is 0.675. The fraction of sp³-hybridized carbons (Fsp3) is 0.571. The lowest BCUT2D eigenvalue weighted by atomic mass is 10.1. The standard InChI is InChI=1S/C14H21ClN2/c1-11-9-16-6-3-7-17(10-11)14-8-13(15)5-4-12(14)2/h4-5,8,11,16H,3,6-7,9-10H2,1-2H3. The van der Waals surface area contributed by atoms with Crippen LogP contribution < -0.4 is 10.2 Å². The molecule has 0 aliphatic carbocycles. The van der Waals surface area contributed by atoms with Crippen molar-refractivity contribution in [3.8, 4) is 0 Å². The van der Waals surface area contributed by atoms with E-state index in [0.29, 0.717) is 5.92 Å². The van der Waals surface area contributed by atoms with Crippen molar-refractivity contribution in [3.63, 3.8) is 0 Å². The molecule has 1 atom stereocenters. The van der Waals surface area contributed by atoms with Crippen LogP contribution in [0.3, 0.4) is 0 Å². The second-order valence-electron chi connectivity index (χ2n) is 5.04. The second-order valence-corrected chi connectivity index (χ2v) is 5.48. The normalized spacial score (nSPS) is 22.1. The summed E-state index contributed by atoms with van der Waals surface area (Å²) in [5.41, 5.74) is 2.61. The zero-order chi connectivity index (χ0) is 12.3. The van der Waals surface area contributed by atoms with Gasteiger partial charge >= 0.3 is 0 Å². The lowest BCUT2D eigenvalue weighted by Gasteiger charge is -2.31. The van der Waals surface area contributed by atoms with Crippen molar-refractivity contribution >= 4 is 17.3 Å². The van der Waals surface area contributed by atoms with Gasteiger partial charge in [0.2, 0.25) is 0 Å². The molecule has 2 rings (SSSR count). The van der Waals surface area contributed by atoms with Crippen molar-refractivity contribution in [1.29, 1.82) is 0 Å². The molecule has 1 aromatic rings. The van der Waals surface area contributed by atoms with Gasteiger partial charge in [0.05, 0.1) is 0 Å². The molecule has 0 radical (unpaired) electrons. The van der Waals surface area contributed by atoms with E-state index >= 15 is 0 Å². The molecule has 0 amide bonds. The van der Waals surface area contributed by atoms with Crippen LogP contribution in [0.15, 0.2) is 18.2 Å². The molecule has 1 aliphatic rings. The Balaban J connectivity index is 2.20. The van der Waals surface area contributed by atoms with E-state index in [1.165, 1.54) is 17.7 Å². The zero-order valence-electron chi connectivity index (χ0n) is 10.7. The van der Waals surface area contributed by atoms with Gasteiger partial charge in [0.1, 0.15) is 0 Å². The van der Waals surface area contributed by atoms with Crippen LogP contribution in [-0.2, 0) is 0 Å². The number of rotatable bonds is 1. The van der Waals surface area contributed by atoms with E-state index in [2.05, 4.69) is 36.2 Å². The summed E-state index contributed by atoms with van der Waals surface area (Å²) in [5, 5.41) is 4.31. The fourth-order valence-electron chi connectivity index (χ4n) is 2.42. The van der Waals surface area contributed by atoms with Crippen molar-refractivity contribution in [2.45, 2.75) is 20.3 Å². The van der Waals surface area contributed by atoms with Crippen LogP contribution >= 0.6 is 11.6 Å². The van der Waals surface area contributed by atoms with Crippen LogP contribution in [0.2, 0.25) is 5.02 Å². The highest BCUT2D eigenvalue weighted by molar-refractivity contribution is 6.30. The van der Waals surface area contributed by atoms with Crippen LogP contribution in [0.4, 0.5) is 5.69 Å². The average Bonchev–Trinajstić information content (AvgIpc) is 2.27. The number of benzene rings is 1. The molecule has 17 heavy (non-hydrogen) atoms. The third-order valence-corrected chi connectivity index (χ3v) is 3.55. The van der Waals surface area contributed by atoms with Gasteiger partial charge in [0.25, 0.3) is 0 Å². The minimum absolute atomic E-state index is 0.675. The predicted octanol–water partition coefficient (Wildman–Crippen LogP) is 3.08. The molecule has 2 nitrogen and oxygen atoms in total. The minimum Gasteiger partial charge on any atom is -0.371 e. The number of nitrogens with one attached hydrogen (secondary N) is 1. The summed E-state index contributed by atoms with van der Waals surface area (Å²) in [6.45, 7) is 8.89. The third-order valence-electron chi connectivity index (χ3n) is 3.32. The Morgan fingerprint density at radius 3 is 3.06 bits per heavy atom. The Kier molecular flexibility index (Phi) is 4.30. The molecule has 1 saturated heterocycles. The number of hydrogen-bond donors (Lipinski definition) is 1. The quantitative estimate of drug-likeness (QED) is 0.826. The van der Waals surface area contributed by atoms with Crippen LogP contribution in [0, 0.1) is 12.8 Å². The number of nitrogens with zero attached hydrogens (tertiary/aromatic N) is 1. The largest absolute Gasteiger partial charge is 0.371 e. The van der Waals surface area contributed by atoms with Gasteiger partial charge in [0, 0.05) is 23.8 Å². The first kappa shape index (κ1) is 12.7. The molecule has 1 fully saturated rings. The predicted molar refractivity (Wildman–Crippen MR) is 75.1 cm³/mol. The molecule has 94 valence electrons. The van der Waals surface area contributed by atoms with Crippen molar-refractivity contribution in [3.05, 3.63) is 28.8 Å². The highest BCUT2D eigenvalue weighted by Crippen LogP contribution is 2.25. The Morgan fingerprint density at radius 2 is 2.24 bits per heavy atom. The smallest absolute Gasteiger partial charge is 0.0426 e. The van der Waals surface area contributed by atoms with Crippen LogP contribution in [0.1, 0.15) is 18.9 Å². The van der Waals surface area contributed by atoms with Crippen molar-refractivity contribution in [2.75, 3.05) is 31.1 Å². The summed E-state index contributed by atoms with van der Waals surface area (Å²) >= 11 is 6.11. The van der Waals surface area contributed by atoms with Crippen molar-refractivity contribution < 1.29 is 0 Å². The number of anilines is 1. The Labute approximate surface area is 109 Å². The van der Waals surface area contributed by atoms with Crippen LogP contribution in [0.5, 0.6) is 0 Å². The molecule has 3 heteroatoms. The molecule has 1 aliphatic heterocycles. The summed E-state index contributed by atoms with van der Waals surface area (Å²) in [6.07, 6.45) is 1.19. The summed E-state index contributed by atoms with van der Waals surface area (Å²) < 4.78 is 0. The van der Waals surface area contributed by atoms with E-state index in [1.807, 2.05) is 6.07 Å². The van der Waals surface area contributed by atoms with E-state index in [9.17, 15) is 0 Å². The number of aryl methyl sites for hydroxylation is 1. The van der Waals surface area contributed by atoms with Crippen LogP contribution in [0.25, 0.3) is 0 Å². The van der Waals surface area contributed by atoms with E-state index in [1.54, 1.807) is 0 Å². The highest BCUT2D eigenvalue weighted by atomic mass is 35.5. The Morgan fingerprint density at radius 1 is 1.41 bits per heavy atom. The topological polar surface area (TPSA) is 15.3 Å². The van der Waals surface area contributed by atoms with Gasteiger partial charge < -0.3 is 10.2 Å². The summed E-state index contributed by atoms with van der Waals surface area (Å²) in [5.74, 6) is 0.675. The summed E-state index contributed by atoms with van der Waals surface area (Å²) in [7, 11) is 0. The van der Waals surface area contributed by atoms with Gasteiger partial charge in [-0.2, -0.15) is 0 Å². The third kappa shape index (κ3) is 3.36. The van der Waals surface area contributed by atoms with E-state index in [0.717, 1.165) is 31.2 Å². The molecule has 1 aromatic carbocycles. The molecule has 1 N–H and O–H groups in total. The van der Waals surface area contributed by atoms with Gasteiger partial charge in [0.15, 0.2) is 0 Å². The van der Waals surface area contributed by atoms with Crippen molar-refractivity contribution in [2.24, 2.45) is 5.92 Å². The monoisotopic (exact) mass is 252 g/mol. The number of halogens is 1. The van der Waals surface area contributed by atoms with Gasteiger partial charge in [-0.25, -0.2) is 0 Å². The molecular weight excluding hydrogens is 232 g/mol. The van der Waals surface area contributed by atoms with Gasteiger partial charge in [-0.3, -0.25) is 0 Å². The first-order valence-corrected chi connectivity index (χ1v) is 6.76. The SMILES string of the molecule is Cc1ccc(Cl)cc1N1CCCNCC(C)C1. The van der Waals surface area contributed by atoms with Gasteiger partial charge in [-0.15, -0.1) is 0 Å². The maximum Gasteiger partial charge on any atom is 0.0426 e. The van der Waals surface area contributed by atoms with Gasteiger partial charge in [-0.1, -0.05) is 24.6 Å². The Hall–Kier alpha value is -0.730. The summed E-state index contributed by atoms with van der Waals surface area (Å²) in [6, 6.07) is 6.17. The molecule has 0 saturated carbocycles. The van der Waals surface area contributed by atoms with Crippen molar-refractivity contribution in [1.82, 2.24) is 5.32 Å². The summed E-state index contributed by atoms with van der Waals surface area (Å²) in [4.78, 5) is 2.48.